The van der Waals surface area contributed by atoms with E-state index in [1.807, 2.05) is 30.3 Å². The van der Waals surface area contributed by atoms with Gasteiger partial charge in [-0.05, 0) is 31.7 Å². The molecule has 2 atom stereocenters. The Morgan fingerprint density at radius 1 is 0.903 bits per heavy atom. The van der Waals surface area contributed by atoms with Crippen molar-refractivity contribution in [3.63, 3.8) is 0 Å². The molecule has 0 bridgehead atoms. The van der Waals surface area contributed by atoms with Crippen LogP contribution >= 0.6 is 0 Å². The van der Waals surface area contributed by atoms with E-state index in [9.17, 15) is 19.2 Å². The van der Waals surface area contributed by atoms with Gasteiger partial charge in [0.05, 0.1) is 13.2 Å². The highest BCUT2D eigenvalue weighted by molar-refractivity contribution is 5.90. The van der Waals surface area contributed by atoms with Crippen molar-refractivity contribution in [1.82, 2.24) is 10.6 Å². The molecule has 0 spiro atoms. The summed E-state index contributed by atoms with van der Waals surface area (Å²) < 4.78 is 15.0. The van der Waals surface area contributed by atoms with Crippen molar-refractivity contribution in [2.75, 3.05) is 13.2 Å². The molecule has 0 fully saturated rings. The van der Waals surface area contributed by atoms with E-state index in [2.05, 4.69) is 10.6 Å². The number of hydrogen-bond donors (Lipinski definition) is 2. The van der Waals surface area contributed by atoms with Crippen LogP contribution in [0.1, 0.15) is 46.1 Å². The molecular formula is C22H32N2O7. The lowest BCUT2D eigenvalue weighted by atomic mass is 10.0. The third-order valence-electron chi connectivity index (χ3n) is 4.27. The number of rotatable bonds is 12. The summed E-state index contributed by atoms with van der Waals surface area (Å²) in [6.45, 7) is 7.23. The predicted octanol–water partition coefficient (Wildman–Crippen LogP) is 2.33. The van der Waals surface area contributed by atoms with Gasteiger partial charge in [0.15, 0.2) is 0 Å². The summed E-state index contributed by atoms with van der Waals surface area (Å²) in [5.74, 6) is -1.99. The monoisotopic (exact) mass is 436 g/mol. The van der Waals surface area contributed by atoms with Gasteiger partial charge in [-0.25, -0.2) is 9.59 Å². The first-order valence-corrected chi connectivity index (χ1v) is 10.4. The molecule has 9 nitrogen and oxygen atoms in total. The Bertz CT molecular complexity index is 722. The van der Waals surface area contributed by atoms with Gasteiger partial charge in [-0.3, -0.25) is 9.59 Å². The molecule has 0 aliphatic rings. The Balaban J connectivity index is 2.72. The number of hydrogen-bond acceptors (Lipinski definition) is 7. The fraction of sp³-hybridized carbons (Fsp3) is 0.545. The molecule has 2 amide bonds. The van der Waals surface area contributed by atoms with Crippen LogP contribution in [0, 0.1) is 5.92 Å². The standard InChI is InChI=1S/C22H32N2O7/c1-5-29-18(25)13-12-17(21(27)30-6-2)23-20(26)19(15(3)4)24-22(28)31-14-16-10-8-7-9-11-16/h7-11,15,17,19H,5-6,12-14H2,1-4H3,(H,23,26)(H,24,28)/t17-,19+/m1/s1. The highest BCUT2D eigenvalue weighted by Crippen LogP contribution is 2.08. The summed E-state index contributed by atoms with van der Waals surface area (Å²) in [6, 6.07) is 7.15. The van der Waals surface area contributed by atoms with Gasteiger partial charge in [0.25, 0.3) is 0 Å². The average molecular weight is 437 g/mol. The van der Waals surface area contributed by atoms with E-state index in [0.717, 1.165) is 5.56 Å². The summed E-state index contributed by atoms with van der Waals surface area (Å²) in [4.78, 5) is 48.8. The van der Waals surface area contributed by atoms with Crippen LogP contribution in [0.3, 0.4) is 0 Å². The third kappa shape index (κ3) is 9.97. The van der Waals surface area contributed by atoms with Gasteiger partial charge in [-0.2, -0.15) is 0 Å². The Kier molecular flexibility index (Phi) is 11.7. The van der Waals surface area contributed by atoms with Crippen molar-refractivity contribution in [2.45, 2.75) is 59.2 Å². The summed E-state index contributed by atoms with van der Waals surface area (Å²) in [6.07, 6.45) is -0.791. The summed E-state index contributed by atoms with van der Waals surface area (Å²) in [7, 11) is 0. The van der Waals surface area contributed by atoms with Crippen LogP contribution in [0.25, 0.3) is 0 Å². The van der Waals surface area contributed by atoms with Gasteiger partial charge in [0.2, 0.25) is 5.91 Å². The van der Waals surface area contributed by atoms with Crippen molar-refractivity contribution >= 4 is 23.9 Å². The molecule has 172 valence electrons. The van der Waals surface area contributed by atoms with Gasteiger partial charge >= 0.3 is 18.0 Å². The van der Waals surface area contributed by atoms with E-state index in [4.69, 9.17) is 14.2 Å². The number of esters is 2. The summed E-state index contributed by atoms with van der Waals surface area (Å²) >= 11 is 0. The number of carbonyl (C=O) groups is 4. The zero-order valence-corrected chi connectivity index (χ0v) is 18.5. The first kappa shape index (κ1) is 25.9. The van der Waals surface area contributed by atoms with Gasteiger partial charge in [-0.15, -0.1) is 0 Å². The maximum absolute atomic E-state index is 12.8. The van der Waals surface area contributed by atoms with Gasteiger partial charge in [-0.1, -0.05) is 44.2 Å². The summed E-state index contributed by atoms with van der Waals surface area (Å²) in [5, 5.41) is 5.10. The smallest absolute Gasteiger partial charge is 0.408 e. The topological polar surface area (TPSA) is 120 Å². The van der Waals surface area contributed by atoms with E-state index in [0.29, 0.717) is 0 Å². The minimum atomic E-state index is -1.04. The molecule has 2 N–H and O–H groups in total. The number of alkyl carbamates (subject to hydrolysis) is 1. The van der Waals surface area contributed by atoms with Gasteiger partial charge < -0.3 is 24.8 Å². The molecule has 0 aliphatic heterocycles. The van der Waals surface area contributed by atoms with Crippen molar-refractivity contribution in [3.05, 3.63) is 35.9 Å². The first-order chi connectivity index (χ1) is 14.8. The molecule has 0 saturated heterocycles. The normalized spacial score (nSPS) is 12.4. The van der Waals surface area contributed by atoms with Crippen molar-refractivity contribution in [3.8, 4) is 0 Å². The zero-order valence-electron chi connectivity index (χ0n) is 18.5. The fourth-order valence-electron chi connectivity index (χ4n) is 2.68. The zero-order chi connectivity index (χ0) is 23.2. The van der Waals surface area contributed by atoms with Crippen LogP contribution in [0.15, 0.2) is 30.3 Å². The van der Waals surface area contributed by atoms with E-state index >= 15 is 0 Å². The van der Waals surface area contributed by atoms with E-state index < -0.39 is 36.0 Å². The van der Waals surface area contributed by atoms with Gasteiger partial charge in [0, 0.05) is 6.42 Å². The third-order valence-corrected chi connectivity index (χ3v) is 4.27. The van der Waals surface area contributed by atoms with Crippen LogP contribution in [-0.4, -0.2) is 49.2 Å². The Hall–Kier alpha value is -3.10. The van der Waals surface area contributed by atoms with Gasteiger partial charge in [0.1, 0.15) is 18.7 Å². The second-order valence-corrected chi connectivity index (χ2v) is 7.08. The quantitative estimate of drug-likeness (QED) is 0.381. The lowest BCUT2D eigenvalue weighted by Crippen LogP contribution is -2.54. The molecule has 0 aliphatic carbocycles. The van der Waals surface area contributed by atoms with Crippen molar-refractivity contribution < 1.29 is 33.4 Å². The average Bonchev–Trinajstić information content (AvgIpc) is 2.74. The number of amides is 2. The van der Waals surface area contributed by atoms with Crippen molar-refractivity contribution in [2.24, 2.45) is 5.92 Å². The maximum Gasteiger partial charge on any atom is 0.408 e. The number of nitrogens with one attached hydrogen (secondary N) is 2. The molecule has 0 aromatic heterocycles. The SMILES string of the molecule is CCOC(=O)CC[C@@H](NC(=O)[C@@H](NC(=O)OCc1ccccc1)C(C)C)C(=O)OCC. The lowest BCUT2D eigenvalue weighted by molar-refractivity contribution is -0.149. The lowest BCUT2D eigenvalue weighted by Gasteiger charge is -2.24. The Labute approximate surface area is 182 Å². The minimum Gasteiger partial charge on any atom is -0.466 e. The first-order valence-electron chi connectivity index (χ1n) is 10.4. The number of ether oxygens (including phenoxy) is 3. The molecule has 1 rings (SSSR count). The largest absolute Gasteiger partial charge is 0.466 e. The number of benzene rings is 1. The van der Waals surface area contributed by atoms with E-state index in [1.54, 1.807) is 27.7 Å². The molecule has 0 heterocycles. The van der Waals surface area contributed by atoms with E-state index in [-0.39, 0.29) is 38.6 Å². The van der Waals surface area contributed by atoms with E-state index in [1.165, 1.54) is 0 Å². The molecule has 0 radical (unpaired) electrons. The molecule has 9 heteroatoms. The highest BCUT2D eigenvalue weighted by atomic mass is 16.5. The Morgan fingerprint density at radius 3 is 2.13 bits per heavy atom. The Morgan fingerprint density at radius 2 is 1.55 bits per heavy atom. The van der Waals surface area contributed by atoms with Crippen LogP contribution in [0.5, 0.6) is 0 Å². The fourth-order valence-corrected chi connectivity index (χ4v) is 2.68. The molecule has 31 heavy (non-hydrogen) atoms. The predicted molar refractivity (Wildman–Crippen MR) is 113 cm³/mol. The molecule has 1 aromatic carbocycles. The highest BCUT2D eigenvalue weighted by Gasteiger charge is 2.30. The minimum absolute atomic E-state index is 0.0205. The second-order valence-electron chi connectivity index (χ2n) is 7.08. The molecule has 1 aromatic rings. The maximum atomic E-state index is 12.8. The number of carbonyl (C=O) groups excluding carboxylic acids is 4. The second kappa shape index (κ2) is 14.0. The molecular weight excluding hydrogens is 404 g/mol. The summed E-state index contributed by atoms with van der Waals surface area (Å²) in [5.41, 5.74) is 0.810. The van der Waals surface area contributed by atoms with Crippen LogP contribution in [0.2, 0.25) is 0 Å². The molecule has 0 unspecified atom stereocenters. The molecule has 0 saturated carbocycles. The van der Waals surface area contributed by atoms with Crippen LogP contribution < -0.4 is 10.6 Å². The van der Waals surface area contributed by atoms with Crippen LogP contribution in [-0.2, 0) is 35.2 Å². The van der Waals surface area contributed by atoms with Crippen molar-refractivity contribution in [1.29, 1.82) is 0 Å². The van der Waals surface area contributed by atoms with Crippen LogP contribution in [0.4, 0.5) is 4.79 Å².